The third kappa shape index (κ3) is 5.17. The van der Waals surface area contributed by atoms with Gasteiger partial charge in [-0.1, -0.05) is 44.0 Å². The molecule has 1 aromatic carbocycles. The summed E-state index contributed by atoms with van der Waals surface area (Å²) in [7, 11) is 1.89. The van der Waals surface area contributed by atoms with Crippen LogP contribution in [0.3, 0.4) is 0 Å². The second kappa shape index (κ2) is 10.0. The molecule has 0 aliphatic carbocycles. The Kier molecular flexibility index (Phi) is 6.93. The van der Waals surface area contributed by atoms with Crippen LogP contribution in [0.4, 0.5) is 5.82 Å². The quantitative estimate of drug-likeness (QED) is 0.482. The molecule has 172 valence electrons. The molecule has 1 aliphatic heterocycles. The molecule has 8 nitrogen and oxygen atoms in total. The van der Waals surface area contributed by atoms with Crippen molar-refractivity contribution in [3.63, 3.8) is 0 Å². The number of amides is 1. The fourth-order valence-electron chi connectivity index (χ4n) is 3.64. The van der Waals surface area contributed by atoms with Gasteiger partial charge < -0.3 is 10.2 Å². The molecule has 9 heteroatoms. The van der Waals surface area contributed by atoms with Crippen molar-refractivity contribution < 1.29 is 4.79 Å². The van der Waals surface area contributed by atoms with Crippen LogP contribution in [0.5, 0.6) is 0 Å². The van der Waals surface area contributed by atoms with Crippen LogP contribution >= 0.6 is 11.6 Å². The van der Waals surface area contributed by atoms with Gasteiger partial charge in [0.1, 0.15) is 11.8 Å². The number of aryl methyl sites for hydroxylation is 1. The highest BCUT2D eigenvalue weighted by Gasteiger charge is 2.34. The molecule has 3 aromatic heterocycles. The second-order valence-corrected chi connectivity index (χ2v) is 8.63. The van der Waals surface area contributed by atoms with E-state index >= 15 is 0 Å². The van der Waals surface area contributed by atoms with Crippen LogP contribution in [-0.2, 0) is 18.4 Å². The third-order valence-corrected chi connectivity index (χ3v) is 5.61. The molecule has 1 N–H and O–H groups in total. The summed E-state index contributed by atoms with van der Waals surface area (Å²) in [6.07, 6.45) is 8.55. The van der Waals surface area contributed by atoms with Gasteiger partial charge in [0.2, 0.25) is 5.91 Å². The number of aromatic nitrogens is 5. The summed E-state index contributed by atoms with van der Waals surface area (Å²) in [6, 6.07) is 9.54. The topological polar surface area (TPSA) is 80.4 Å². The van der Waals surface area contributed by atoms with Crippen molar-refractivity contribution in [3.8, 4) is 11.1 Å². The maximum atomic E-state index is 12.5. The largest absolute Gasteiger partial charge is 0.353 e. The number of nitrogens with zero attached hydrogens (tertiary/aromatic N) is 6. The van der Waals surface area contributed by atoms with E-state index in [2.05, 4.69) is 45.3 Å². The molecule has 33 heavy (non-hydrogen) atoms. The maximum Gasteiger partial charge on any atom is 0.226 e. The van der Waals surface area contributed by atoms with E-state index in [0.29, 0.717) is 24.7 Å². The Morgan fingerprint density at radius 2 is 1.85 bits per heavy atom. The van der Waals surface area contributed by atoms with Crippen LogP contribution in [0.25, 0.3) is 16.6 Å². The highest BCUT2D eigenvalue weighted by molar-refractivity contribution is 6.30. The molecule has 0 saturated carbocycles. The Balaban J connectivity index is 0.000000821. The van der Waals surface area contributed by atoms with Crippen LogP contribution in [0.2, 0.25) is 5.02 Å². The summed E-state index contributed by atoms with van der Waals surface area (Å²) in [4.78, 5) is 19.1. The van der Waals surface area contributed by atoms with E-state index in [4.69, 9.17) is 11.6 Å². The zero-order valence-electron chi connectivity index (χ0n) is 19.1. The first-order valence-electron chi connectivity index (χ1n) is 11.1. The Hall–Kier alpha value is -3.39. The van der Waals surface area contributed by atoms with Gasteiger partial charge in [-0.3, -0.25) is 9.48 Å². The number of hydrogen-bond acceptors (Lipinski definition) is 5. The Morgan fingerprint density at radius 1 is 1.12 bits per heavy atom. The smallest absolute Gasteiger partial charge is 0.226 e. The summed E-state index contributed by atoms with van der Waals surface area (Å²) in [5.41, 5.74) is 3.99. The maximum absolute atomic E-state index is 12.5. The van der Waals surface area contributed by atoms with Crippen LogP contribution in [0.15, 0.2) is 55.2 Å². The normalized spacial score (nSPS) is 13.4. The average Bonchev–Trinajstić information content (AvgIpc) is 3.39. The average molecular weight is 466 g/mol. The van der Waals surface area contributed by atoms with E-state index in [-0.39, 0.29) is 11.8 Å². The lowest BCUT2D eigenvalue weighted by atomic mass is 9.99. The van der Waals surface area contributed by atoms with Gasteiger partial charge in [-0.2, -0.15) is 10.2 Å². The number of anilines is 1. The molecule has 0 radical (unpaired) electrons. The lowest BCUT2D eigenvalue weighted by Gasteiger charge is -2.39. The van der Waals surface area contributed by atoms with Crippen LogP contribution in [-0.4, -0.2) is 43.4 Å². The molecule has 0 bridgehead atoms. The number of fused-ring (bicyclic) bond motifs is 1. The fourth-order valence-corrected chi connectivity index (χ4v) is 3.77. The second-order valence-electron chi connectivity index (χ2n) is 8.20. The van der Waals surface area contributed by atoms with Crippen molar-refractivity contribution in [1.82, 2.24) is 29.7 Å². The number of halogens is 1. The summed E-state index contributed by atoms with van der Waals surface area (Å²) >= 11 is 5.90. The predicted octanol–water partition coefficient (Wildman–Crippen LogP) is 3.95. The number of benzene rings is 1. The van der Waals surface area contributed by atoms with E-state index in [0.717, 1.165) is 28.0 Å². The van der Waals surface area contributed by atoms with Crippen molar-refractivity contribution in [2.75, 3.05) is 18.0 Å². The molecular weight excluding hydrogens is 438 g/mol. The molecule has 4 heterocycles. The van der Waals surface area contributed by atoms with Crippen molar-refractivity contribution in [1.29, 1.82) is 0 Å². The van der Waals surface area contributed by atoms with Gasteiger partial charge in [-0.15, -0.1) is 0 Å². The monoisotopic (exact) mass is 465 g/mol. The Bertz CT molecular complexity index is 1230. The molecule has 1 fully saturated rings. The van der Waals surface area contributed by atoms with Gasteiger partial charge in [0.15, 0.2) is 5.82 Å². The van der Waals surface area contributed by atoms with Gasteiger partial charge in [0.25, 0.3) is 0 Å². The van der Waals surface area contributed by atoms with Crippen molar-refractivity contribution >= 4 is 28.8 Å². The Labute approximate surface area is 198 Å². The minimum absolute atomic E-state index is 0.0534. The van der Waals surface area contributed by atoms with Crippen molar-refractivity contribution in [2.24, 2.45) is 13.0 Å². The molecule has 0 atom stereocenters. The van der Waals surface area contributed by atoms with E-state index in [9.17, 15) is 4.79 Å². The number of carbonyl (C=O) groups excluding carboxylic acids is 1. The number of carbonyl (C=O) groups is 1. The first-order chi connectivity index (χ1) is 16.0. The van der Waals surface area contributed by atoms with Crippen molar-refractivity contribution in [3.05, 3.63) is 65.8 Å². The molecule has 0 spiro atoms. The minimum atomic E-state index is -0.0555. The third-order valence-electron chi connectivity index (χ3n) is 5.36. The van der Waals surface area contributed by atoms with Crippen molar-refractivity contribution in [2.45, 2.75) is 26.8 Å². The molecule has 1 amide bonds. The highest BCUT2D eigenvalue weighted by atomic mass is 35.5. The standard InChI is InChI=1S/C21H20ClN7O.C3H8/c1-27-9-16(8-25-27)15-6-19-20(24-13-26-29(19)12-15)28-10-17(11-28)21(30)23-7-14-2-4-18(22)5-3-14;1-3-2/h2-6,8-9,12-13,17H,7,10-11H2,1H3,(H,23,30);3H2,1-2H3. The molecule has 4 aromatic rings. The summed E-state index contributed by atoms with van der Waals surface area (Å²) < 4.78 is 3.59. The van der Waals surface area contributed by atoms with Gasteiger partial charge in [-0.25, -0.2) is 9.50 Å². The van der Waals surface area contributed by atoms with E-state index in [1.54, 1.807) is 11.0 Å². The van der Waals surface area contributed by atoms with Gasteiger partial charge in [0.05, 0.1) is 12.1 Å². The zero-order valence-corrected chi connectivity index (χ0v) is 19.8. The summed E-state index contributed by atoms with van der Waals surface area (Å²) in [5.74, 6) is 0.833. The molecular formula is C24H28ClN7O. The van der Waals surface area contributed by atoms with E-state index < -0.39 is 0 Å². The molecule has 1 saturated heterocycles. The SMILES string of the molecule is CCC.Cn1cc(-c2cc3c(N4CC(C(=O)NCc5ccc(Cl)cc5)C4)ncnn3c2)cn1. The van der Waals surface area contributed by atoms with Gasteiger partial charge in [-0.05, 0) is 23.8 Å². The highest BCUT2D eigenvalue weighted by Crippen LogP contribution is 2.30. The van der Waals surface area contributed by atoms with Crippen LogP contribution in [0.1, 0.15) is 25.8 Å². The summed E-state index contributed by atoms with van der Waals surface area (Å²) in [5, 5.41) is 12.2. The van der Waals surface area contributed by atoms with Gasteiger partial charge in [0, 0.05) is 55.2 Å². The van der Waals surface area contributed by atoms with E-state index in [1.165, 1.54) is 6.42 Å². The number of rotatable bonds is 5. The van der Waals surface area contributed by atoms with Crippen LogP contribution in [0, 0.1) is 5.92 Å². The van der Waals surface area contributed by atoms with Gasteiger partial charge >= 0.3 is 0 Å². The van der Waals surface area contributed by atoms with E-state index in [1.807, 2.05) is 54.4 Å². The summed E-state index contributed by atoms with van der Waals surface area (Å²) in [6.45, 7) is 6.01. The first kappa shape index (κ1) is 22.8. The predicted molar refractivity (Wildman–Crippen MR) is 130 cm³/mol. The molecule has 0 unspecified atom stereocenters. The lowest BCUT2D eigenvalue weighted by Crippen LogP contribution is -2.54. The molecule has 1 aliphatic rings. The zero-order chi connectivity index (χ0) is 23.4. The molecule has 5 rings (SSSR count). The van der Waals surface area contributed by atoms with Crippen LogP contribution < -0.4 is 10.2 Å². The fraction of sp³-hybridized carbons (Fsp3) is 0.333. The number of nitrogens with one attached hydrogen (secondary N) is 1. The lowest BCUT2D eigenvalue weighted by molar-refractivity contribution is -0.125. The Morgan fingerprint density at radius 3 is 2.52 bits per heavy atom. The first-order valence-corrected chi connectivity index (χ1v) is 11.5. The number of hydrogen-bond donors (Lipinski definition) is 1. The minimum Gasteiger partial charge on any atom is -0.353 e.